The van der Waals surface area contributed by atoms with Crippen LogP contribution in [0.1, 0.15) is 28.1 Å². The Labute approximate surface area is 171 Å². The Morgan fingerprint density at radius 1 is 0.966 bits per heavy atom. The third-order valence-corrected chi connectivity index (χ3v) is 5.09. The van der Waals surface area contributed by atoms with E-state index in [0.29, 0.717) is 11.4 Å². The van der Waals surface area contributed by atoms with Gasteiger partial charge in [-0.3, -0.25) is 9.98 Å². The van der Waals surface area contributed by atoms with Crippen LogP contribution in [0.3, 0.4) is 0 Å². The molecule has 0 aliphatic heterocycles. The molecule has 0 radical (unpaired) electrons. The molecule has 0 aliphatic rings. The van der Waals surface area contributed by atoms with Crippen molar-refractivity contribution < 1.29 is 0 Å². The number of nitrogens with zero attached hydrogens (tertiary/aromatic N) is 2. The average Bonchev–Trinajstić information content (AvgIpc) is 2.75. The Balaban J connectivity index is 1.62. The molecule has 0 atom stereocenters. The number of nitrogen functional groups attached to an aromatic ring is 1. The van der Waals surface area contributed by atoms with E-state index in [4.69, 9.17) is 10.7 Å². The summed E-state index contributed by atoms with van der Waals surface area (Å²) in [7, 11) is 0. The fourth-order valence-corrected chi connectivity index (χ4v) is 3.38. The topological polar surface area (TPSA) is 51.3 Å². The van der Waals surface area contributed by atoms with Crippen molar-refractivity contribution in [3.63, 3.8) is 0 Å². The van der Waals surface area contributed by atoms with E-state index in [1.807, 2.05) is 30.3 Å². The predicted molar refractivity (Wildman–Crippen MR) is 123 cm³/mol. The number of fused-ring (bicyclic) bond motifs is 1. The SMILES string of the molecule is C=C(N=Cc1ccccc1N)c1ccc(C)c(Cc2cccc3ccccc23)n1. The monoisotopic (exact) mass is 377 g/mol. The van der Waals surface area contributed by atoms with Crippen LogP contribution in [0.15, 0.2) is 90.4 Å². The Bertz CT molecular complexity index is 1220. The van der Waals surface area contributed by atoms with E-state index < -0.39 is 0 Å². The van der Waals surface area contributed by atoms with Crippen molar-refractivity contribution in [2.75, 3.05) is 5.73 Å². The number of pyridine rings is 1. The van der Waals surface area contributed by atoms with Gasteiger partial charge >= 0.3 is 0 Å². The molecule has 3 heteroatoms. The maximum Gasteiger partial charge on any atom is 0.0883 e. The number of aromatic nitrogens is 1. The second-order valence-corrected chi connectivity index (χ2v) is 7.11. The standard InChI is InChI=1S/C26H23N3/c1-18-14-15-25(19(2)28-17-22-9-4-6-13-24(22)27)29-26(18)16-21-11-7-10-20-8-3-5-12-23(20)21/h3-15,17H,2,16,27H2,1H3. The zero-order valence-electron chi connectivity index (χ0n) is 16.5. The average molecular weight is 377 g/mol. The van der Waals surface area contributed by atoms with Crippen molar-refractivity contribution in [2.45, 2.75) is 13.3 Å². The first-order chi connectivity index (χ1) is 14.1. The summed E-state index contributed by atoms with van der Waals surface area (Å²) in [4.78, 5) is 9.36. The largest absolute Gasteiger partial charge is 0.398 e. The molecule has 0 fully saturated rings. The summed E-state index contributed by atoms with van der Waals surface area (Å²) in [5.41, 5.74) is 12.4. The van der Waals surface area contributed by atoms with Crippen molar-refractivity contribution in [3.8, 4) is 0 Å². The molecule has 0 saturated heterocycles. The minimum absolute atomic E-state index is 0.618. The first-order valence-electron chi connectivity index (χ1n) is 9.63. The van der Waals surface area contributed by atoms with Gasteiger partial charge in [-0.25, -0.2) is 0 Å². The molecular formula is C26H23N3. The third kappa shape index (κ3) is 4.09. The normalized spacial score (nSPS) is 11.2. The summed E-state index contributed by atoms with van der Waals surface area (Å²) in [5, 5.41) is 2.51. The van der Waals surface area contributed by atoms with Crippen LogP contribution in [0.2, 0.25) is 0 Å². The second-order valence-electron chi connectivity index (χ2n) is 7.11. The van der Waals surface area contributed by atoms with E-state index >= 15 is 0 Å². The predicted octanol–water partition coefficient (Wildman–Crippen LogP) is 5.81. The van der Waals surface area contributed by atoms with E-state index in [2.05, 4.69) is 67.0 Å². The summed E-state index contributed by atoms with van der Waals surface area (Å²) < 4.78 is 0. The molecule has 0 spiro atoms. The molecule has 1 aromatic heterocycles. The smallest absolute Gasteiger partial charge is 0.0883 e. The Morgan fingerprint density at radius 2 is 1.72 bits per heavy atom. The summed E-state index contributed by atoms with van der Waals surface area (Å²) in [5.74, 6) is 0. The van der Waals surface area contributed by atoms with Gasteiger partial charge in [-0.1, -0.05) is 73.3 Å². The van der Waals surface area contributed by atoms with Crippen LogP contribution in [0.25, 0.3) is 16.5 Å². The van der Waals surface area contributed by atoms with Crippen molar-refractivity contribution in [3.05, 3.63) is 114 Å². The van der Waals surface area contributed by atoms with Gasteiger partial charge in [-0.15, -0.1) is 0 Å². The minimum atomic E-state index is 0.618. The molecule has 1 heterocycles. The van der Waals surface area contributed by atoms with Gasteiger partial charge in [-0.2, -0.15) is 0 Å². The lowest BCUT2D eigenvalue weighted by atomic mass is 9.99. The lowest BCUT2D eigenvalue weighted by Crippen LogP contribution is -2.00. The van der Waals surface area contributed by atoms with Crippen molar-refractivity contribution in [1.82, 2.24) is 4.98 Å². The number of hydrogen-bond acceptors (Lipinski definition) is 3. The molecule has 3 nitrogen and oxygen atoms in total. The molecule has 4 aromatic rings. The highest BCUT2D eigenvalue weighted by molar-refractivity contribution is 5.90. The highest BCUT2D eigenvalue weighted by atomic mass is 14.8. The molecule has 0 unspecified atom stereocenters. The number of benzene rings is 3. The summed E-state index contributed by atoms with van der Waals surface area (Å²) >= 11 is 0. The fraction of sp³-hybridized carbons (Fsp3) is 0.0769. The van der Waals surface area contributed by atoms with E-state index in [1.165, 1.54) is 16.3 Å². The maximum absolute atomic E-state index is 5.98. The van der Waals surface area contributed by atoms with Crippen LogP contribution in [0.4, 0.5) is 5.69 Å². The first kappa shape index (κ1) is 18.6. The van der Waals surface area contributed by atoms with E-state index in [-0.39, 0.29) is 0 Å². The van der Waals surface area contributed by atoms with Gasteiger partial charge < -0.3 is 5.73 Å². The van der Waals surface area contributed by atoms with Gasteiger partial charge in [0.25, 0.3) is 0 Å². The number of rotatable bonds is 5. The number of aliphatic imine (C=N–C) groups is 1. The Morgan fingerprint density at radius 3 is 2.59 bits per heavy atom. The summed E-state index contributed by atoms with van der Waals surface area (Å²) in [6, 6.07) is 26.5. The molecule has 0 amide bonds. The van der Waals surface area contributed by atoms with E-state index in [1.54, 1.807) is 6.21 Å². The second kappa shape index (κ2) is 8.11. The van der Waals surface area contributed by atoms with Crippen LogP contribution in [0, 0.1) is 6.92 Å². The third-order valence-electron chi connectivity index (χ3n) is 5.09. The molecule has 0 saturated carbocycles. The van der Waals surface area contributed by atoms with Gasteiger partial charge in [0.05, 0.1) is 11.4 Å². The fourth-order valence-electron chi connectivity index (χ4n) is 3.38. The lowest BCUT2D eigenvalue weighted by molar-refractivity contribution is 1.04. The number of aryl methyl sites for hydroxylation is 1. The molecule has 29 heavy (non-hydrogen) atoms. The number of hydrogen-bond donors (Lipinski definition) is 1. The van der Waals surface area contributed by atoms with Gasteiger partial charge in [0.2, 0.25) is 0 Å². The van der Waals surface area contributed by atoms with E-state index in [0.717, 1.165) is 28.9 Å². The minimum Gasteiger partial charge on any atom is -0.398 e. The van der Waals surface area contributed by atoms with Gasteiger partial charge in [0.15, 0.2) is 0 Å². The van der Waals surface area contributed by atoms with Crippen LogP contribution < -0.4 is 5.73 Å². The summed E-state index contributed by atoms with van der Waals surface area (Å²) in [6.07, 6.45) is 2.51. The molecule has 4 rings (SSSR count). The van der Waals surface area contributed by atoms with Crippen molar-refractivity contribution >= 4 is 28.4 Å². The number of anilines is 1. The van der Waals surface area contributed by atoms with Gasteiger partial charge in [0.1, 0.15) is 0 Å². The molecular weight excluding hydrogens is 354 g/mol. The van der Waals surface area contributed by atoms with E-state index in [9.17, 15) is 0 Å². The zero-order chi connectivity index (χ0) is 20.2. The Hall–Kier alpha value is -3.72. The van der Waals surface area contributed by atoms with Crippen molar-refractivity contribution in [2.24, 2.45) is 4.99 Å². The summed E-state index contributed by atoms with van der Waals surface area (Å²) in [6.45, 7) is 6.19. The van der Waals surface area contributed by atoms with Gasteiger partial charge in [-0.05, 0) is 41.0 Å². The van der Waals surface area contributed by atoms with Gasteiger partial charge in [0, 0.05) is 29.6 Å². The molecule has 0 aliphatic carbocycles. The van der Waals surface area contributed by atoms with Crippen LogP contribution in [0.5, 0.6) is 0 Å². The van der Waals surface area contributed by atoms with Crippen LogP contribution in [-0.2, 0) is 6.42 Å². The quantitative estimate of drug-likeness (QED) is 0.353. The molecule has 0 bridgehead atoms. The first-order valence-corrected chi connectivity index (χ1v) is 9.63. The molecule has 2 N–H and O–H groups in total. The number of nitrogens with two attached hydrogens (primary N) is 1. The van der Waals surface area contributed by atoms with Crippen molar-refractivity contribution in [1.29, 1.82) is 0 Å². The Kier molecular flexibility index (Phi) is 5.21. The lowest BCUT2D eigenvalue weighted by Gasteiger charge is -2.10. The zero-order valence-corrected chi connectivity index (χ0v) is 16.5. The molecule has 3 aromatic carbocycles. The molecule has 142 valence electrons. The highest BCUT2D eigenvalue weighted by Crippen LogP contribution is 2.23. The maximum atomic E-state index is 5.98. The van der Waals surface area contributed by atoms with Crippen LogP contribution >= 0.6 is 0 Å². The van der Waals surface area contributed by atoms with Crippen LogP contribution in [-0.4, -0.2) is 11.2 Å². The highest BCUT2D eigenvalue weighted by Gasteiger charge is 2.08. The number of para-hydroxylation sites is 1.